The third-order valence-corrected chi connectivity index (χ3v) is 11.2. The van der Waals surface area contributed by atoms with Gasteiger partial charge in [-0.05, 0) is 95.2 Å². The van der Waals surface area contributed by atoms with E-state index >= 15 is 0 Å². The maximum absolute atomic E-state index is 9.12. The topological polar surface area (TPSA) is 62.5 Å². The molecule has 246 valence electrons. The number of benzene rings is 5. The summed E-state index contributed by atoms with van der Waals surface area (Å²) in [4.78, 5) is 15.0. The molecule has 2 aliphatic carbocycles. The fraction of sp³-hybridized carbons (Fsp3) is 0.261. The summed E-state index contributed by atoms with van der Waals surface area (Å²) in [6.07, 6.45) is 8.02. The molecule has 6 aromatic rings. The fourth-order valence-corrected chi connectivity index (χ4v) is 8.88. The molecule has 4 atom stereocenters. The maximum atomic E-state index is 9.12. The molecule has 2 fully saturated rings. The summed E-state index contributed by atoms with van der Waals surface area (Å²) in [6.45, 7) is 4.83. The highest BCUT2D eigenvalue weighted by Crippen LogP contribution is 2.54. The Morgan fingerprint density at radius 3 is 1.52 bits per heavy atom. The van der Waals surface area contributed by atoms with Crippen molar-refractivity contribution in [2.45, 2.75) is 57.8 Å². The standard InChI is InChI=1S/C46H42N4/c1-3-32-26-34-25-31(2)27-46(28-32,29-34)42-23-21-41(22-24-42)45-49-43(39-7-5-4-6-8-39)48-44(50-45)40-19-17-38(18-20-40)37-15-13-36(14-16-37)35-11-9-33(30-47)10-12-35/h4-24,31-32,34H,3,25-29H2,1-2H3/t31-,32+,34-,46?/m0/s1. The van der Waals surface area contributed by atoms with Crippen molar-refractivity contribution in [3.8, 4) is 62.5 Å². The van der Waals surface area contributed by atoms with Crippen LogP contribution in [-0.2, 0) is 5.41 Å². The summed E-state index contributed by atoms with van der Waals surface area (Å²) < 4.78 is 0. The van der Waals surface area contributed by atoms with E-state index in [4.69, 9.17) is 20.2 Å². The molecule has 0 spiro atoms. The van der Waals surface area contributed by atoms with Gasteiger partial charge in [0.05, 0.1) is 11.6 Å². The van der Waals surface area contributed by atoms with Gasteiger partial charge in [-0.3, -0.25) is 0 Å². The van der Waals surface area contributed by atoms with Crippen LogP contribution in [0.1, 0.15) is 63.5 Å². The zero-order chi connectivity index (χ0) is 34.1. The van der Waals surface area contributed by atoms with Gasteiger partial charge < -0.3 is 0 Å². The van der Waals surface area contributed by atoms with Gasteiger partial charge in [-0.2, -0.15) is 5.26 Å². The highest BCUT2D eigenvalue weighted by molar-refractivity contribution is 5.73. The summed E-state index contributed by atoms with van der Waals surface area (Å²) in [7, 11) is 0. The highest BCUT2D eigenvalue weighted by Gasteiger charge is 2.45. The monoisotopic (exact) mass is 650 g/mol. The van der Waals surface area contributed by atoms with Gasteiger partial charge >= 0.3 is 0 Å². The zero-order valence-electron chi connectivity index (χ0n) is 28.9. The maximum Gasteiger partial charge on any atom is 0.164 e. The first kappa shape index (κ1) is 31.8. The molecule has 8 rings (SSSR count). The Hall–Kier alpha value is -5.40. The smallest absolute Gasteiger partial charge is 0.164 e. The Morgan fingerprint density at radius 2 is 1.02 bits per heavy atom. The lowest BCUT2D eigenvalue weighted by Gasteiger charge is -2.51. The van der Waals surface area contributed by atoms with Crippen LogP contribution in [0.2, 0.25) is 0 Å². The van der Waals surface area contributed by atoms with Crippen molar-refractivity contribution in [3.63, 3.8) is 0 Å². The van der Waals surface area contributed by atoms with Gasteiger partial charge in [-0.25, -0.2) is 15.0 Å². The minimum atomic E-state index is 0.297. The molecule has 0 radical (unpaired) electrons. The molecule has 0 amide bonds. The van der Waals surface area contributed by atoms with Gasteiger partial charge in [0.25, 0.3) is 0 Å². The highest BCUT2D eigenvalue weighted by atomic mass is 15.0. The second kappa shape index (κ2) is 13.5. The van der Waals surface area contributed by atoms with Crippen LogP contribution in [0.5, 0.6) is 0 Å². The Kier molecular flexibility index (Phi) is 8.59. The number of hydrogen-bond acceptors (Lipinski definition) is 4. The van der Waals surface area contributed by atoms with Crippen molar-refractivity contribution in [1.82, 2.24) is 15.0 Å². The van der Waals surface area contributed by atoms with Crippen LogP contribution in [0.25, 0.3) is 56.4 Å². The predicted octanol–water partition coefficient (Wildman–Crippen LogP) is 11.6. The number of fused-ring (bicyclic) bond motifs is 2. The number of hydrogen-bond donors (Lipinski definition) is 0. The lowest BCUT2D eigenvalue weighted by molar-refractivity contribution is 0.0702. The van der Waals surface area contributed by atoms with Crippen molar-refractivity contribution in [1.29, 1.82) is 5.26 Å². The van der Waals surface area contributed by atoms with E-state index in [1.54, 1.807) is 0 Å². The van der Waals surface area contributed by atoms with E-state index < -0.39 is 0 Å². The number of nitrogens with zero attached hydrogens (tertiary/aromatic N) is 4. The summed E-state index contributed by atoms with van der Waals surface area (Å²) in [5.74, 6) is 4.52. The van der Waals surface area contributed by atoms with Crippen molar-refractivity contribution in [3.05, 3.63) is 139 Å². The molecular formula is C46H42N4. The molecule has 5 aromatic carbocycles. The van der Waals surface area contributed by atoms with Crippen molar-refractivity contribution in [2.75, 3.05) is 0 Å². The fourth-order valence-electron chi connectivity index (χ4n) is 8.88. The SMILES string of the molecule is CC[C@@H]1C[C@@H]2C[C@H](C)CC(c3ccc(-c4nc(-c5ccccc5)nc(-c5ccc(-c6ccc(-c7ccc(C#N)cc7)cc6)cc5)n4)cc3)(C1)C2. The van der Waals surface area contributed by atoms with Crippen LogP contribution in [0.3, 0.4) is 0 Å². The molecule has 0 N–H and O–H groups in total. The predicted molar refractivity (Wildman–Crippen MR) is 203 cm³/mol. The Balaban J connectivity index is 1.09. The van der Waals surface area contributed by atoms with Gasteiger partial charge in [-0.15, -0.1) is 0 Å². The quantitative estimate of drug-likeness (QED) is 0.172. The van der Waals surface area contributed by atoms with E-state index in [-0.39, 0.29) is 0 Å². The molecule has 0 saturated heterocycles. The zero-order valence-corrected chi connectivity index (χ0v) is 28.9. The van der Waals surface area contributed by atoms with Crippen LogP contribution in [0.15, 0.2) is 127 Å². The third kappa shape index (κ3) is 6.37. The van der Waals surface area contributed by atoms with E-state index in [0.717, 1.165) is 56.7 Å². The molecule has 1 unspecified atom stereocenters. The van der Waals surface area contributed by atoms with Crippen LogP contribution in [0, 0.1) is 29.1 Å². The minimum absolute atomic E-state index is 0.297. The van der Waals surface area contributed by atoms with Crippen LogP contribution >= 0.6 is 0 Å². The molecule has 2 saturated carbocycles. The second-order valence-corrected chi connectivity index (χ2v) is 14.7. The second-order valence-electron chi connectivity index (χ2n) is 14.7. The van der Waals surface area contributed by atoms with Crippen LogP contribution in [0.4, 0.5) is 0 Å². The summed E-state index contributed by atoms with van der Waals surface area (Å²) in [5, 5.41) is 9.12. The Bertz CT molecular complexity index is 2130. The van der Waals surface area contributed by atoms with Gasteiger partial charge in [0.2, 0.25) is 0 Å². The van der Waals surface area contributed by atoms with Gasteiger partial charge in [-0.1, -0.05) is 136 Å². The average Bonchev–Trinajstić information content (AvgIpc) is 3.18. The van der Waals surface area contributed by atoms with E-state index in [1.165, 1.54) is 44.1 Å². The van der Waals surface area contributed by atoms with Gasteiger partial charge in [0.15, 0.2) is 17.5 Å². The van der Waals surface area contributed by atoms with E-state index in [9.17, 15) is 0 Å². The van der Waals surface area contributed by atoms with Crippen molar-refractivity contribution in [2.24, 2.45) is 17.8 Å². The van der Waals surface area contributed by atoms with Crippen molar-refractivity contribution >= 4 is 0 Å². The first-order chi connectivity index (χ1) is 24.5. The molecule has 1 aromatic heterocycles. The van der Waals surface area contributed by atoms with E-state index in [1.807, 2.05) is 42.5 Å². The first-order valence-corrected chi connectivity index (χ1v) is 18.1. The van der Waals surface area contributed by atoms with Gasteiger partial charge in [0, 0.05) is 16.7 Å². The molecule has 50 heavy (non-hydrogen) atoms. The summed E-state index contributed by atoms with van der Waals surface area (Å²) >= 11 is 0. The molecular weight excluding hydrogens is 609 g/mol. The van der Waals surface area contributed by atoms with Crippen LogP contribution in [-0.4, -0.2) is 15.0 Å². The van der Waals surface area contributed by atoms with Crippen LogP contribution < -0.4 is 0 Å². The largest absolute Gasteiger partial charge is 0.208 e. The summed E-state index contributed by atoms with van der Waals surface area (Å²) in [6, 6.07) is 46.3. The molecule has 2 bridgehead atoms. The molecule has 1 heterocycles. The molecule has 0 aliphatic heterocycles. The van der Waals surface area contributed by atoms with E-state index in [2.05, 4.69) is 105 Å². The van der Waals surface area contributed by atoms with Gasteiger partial charge in [0.1, 0.15) is 0 Å². The molecule has 4 nitrogen and oxygen atoms in total. The first-order valence-electron chi connectivity index (χ1n) is 18.1. The normalized spacial score (nSPS) is 21.3. The number of nitriles is 1. The number of aromatic nitrogens is 3. The lowest BCUT2D eigenvalue weighted by atomic mass is 9.54. The molecule has 4 heteroatoms. The third-order valence-electron chi connectivity index (χ3n) is 11.2. The minimum Gasteiger partial charge on any atom is -0.208 e. The lowest BCUT2D eigenvalue weighted by Crippen LogP contribution is -2.42. The Labute approximate surface area is 296 Å². The van der Waals surface area contributed by atoms with Crippen molar-refractivity contribution < 1.29 is 0 Å². The Morgan fingerprint density at radius 1 is 0.560 bits per heavy atom. The van der Waals surface area contributed by atoms with E-state index in [0.29, 0.717) is 28.5 Å². The summed E-state index contributed by atoms with van der Waals surface area (Å²) in [5.41, 5.74) is 9.88. The molecule has 2 aliphatic rings. The average molecular weight is 651 g/mol. The number of rotatable bonds is 7.